The van der Waals surface area contributed by atoms with Gasteiger partial charge in [0.2, 0.25) is 0 Å². The average Bonchev–Trinajstić information content (AvgIpc) is 2.38. The predicted molar refractivity (Wildman–Crippen MR) is 51.2 cm³/mol. The Kier molecular flexibility index (Phi) is 5.92. The second-order valence-corrected chi connectivity index (χ2v) is 3.21. The number of likely N-dealkylation sites (N-methyl/N-ethyl adjacent to an activating group) is 1. The van der Waals surface area contributed by atoms with Crippen LogP contribution in [0.25, 0.3) is 0 Å². The molecular weight excluding hydrogens is 160 g/mol. The van der Waals surface area contributed by atoms with Gasteiger partial charge in [0.25, 0.3) is 0 Å². The highest BCUT2D eigenvalue weighted by atomic mass is 35.5. The van der Waals surface area contributed by atoms with E-state index >= 15 is 0 Å². The molecule has 1 rings (SSSR count). The van der Waals surface area contributed by atoms with E-state index in [9.17, 15) is 0 Å². The fourth-order valence-electron chi connectivity index (χ4n) is 1.73. The van der Waals surface area contributed by atoms with Gasteiger partial charge in [0.05, 0.1) is 0 Å². The first-order valence-electron chi connectivity index (χ1n) is 4.25. The quantitative estimate of drug-likeness (QED) is 0.705. The Bertz CT molecular complexity index is 92.1. The molecule has 1 aliphatic carbocycles. The molecule has 3 heteroatoms. The van der Waals surface area contributed by atoms with Gasteiger partial charge in [-0.05, 0) is 19.9 Å². The normalized spacial score (nSPS) is 18.8. The molecular formula is C8H19ClN2. The fourth-order valence-corrected chi connectivity index (χ4v) is 1.73. The summed E-state index contributed by atoms with van der Waals surface area (Å²) < 4.78 is 0. The lowest BCUT2D eigenvalue weighted by molar-refractivity contribution is 0.252. The molecule has 0 radical (unpaired) electrons. The van der Waals surface area contributed by atoms with Crippen molar-refractivity contribution in [1.82, 2.24) is 4.90 Å². The third-order valence-electron chi connectivity index (χ3n) is 2.43. The summed E-state index contributed by atoms with van der Waals surface area (Å²) in [5, 5.41) is 0. The van der Waals surface area contributed by atoms with Crippen molar-refractivity contribution in [2.45, 2.75) is 31.7 Å². The van der Waals surface area contributed by atoms with Crippen molar-refractivity contribution in [2.24, 2.45) is 5.73 Å². The van der Waals surface area contributed by atoms with E-state index in [1.54, 1.807) is 0 Å². The van der Waals surface area contributed by atoms with E-state index in [1.165, 1.54) is 25.7 Å². The predicted octanol–water partition coefficient (Wildman–Crippen LogP) is 1.24. The molecule has 0 unspecified atom stereocenters. The Morgan fingerprint density at radius 2 is 1.91 bits per heavy atom. The van der Waals surface area contributed by atoms with Crippen molar-refractivity contribution >= 4 is 12.4 Å². The standard InChI is InChI=1S/C8H18N2.ClH/c1-10(7-6-9)8-4-2-3-5-8;/h8H,2-7,9H2,1H3;1H. The Morgan fingerprint density at radius 1 is 1.36 bits per heavy atom. The molecule has 0 aliphatic heterocycles. The summed E-state index contributed by atoms with van der Waals surface area (Å²) >= 11 is 0. The van der Waals surface area contributed by atoms with E-state index in [1.807, 2.05) is 0 Å². The van der Waals surface area contributed by atoms with Crippen LogP contribution >= 0.6 is 12.4 Å². The minimum atomic E-state index is 0. The molecule has 0 aromatic rings. The topological polar surface area (TPSA) is 29.3 Å². The summed E-state index contributed by atoms with van der Waals surface area (Å²) in [4.78, 5) is 2.40. The van der Waals surface area contributed by atoms with Gasteiger partial charge in [0, 0.05) is 19.1 Å². The molecule has 1 aliphatic rings. The van der Waals surface area contributed by atoms with E-state index < -0.39 is 0 Å². The van der Waals surface area contributed by atoms with Crippen LogP contribution in [0.3, 0.4) is 0 Å². The highest BCUT2D eigenvalue weighted by molar-refractivity contribution is 5.85. The van der Waals surface area contributed by atoms with Crippen LogP contribution in [0.5, 0.6) is 0 Å². The summed E-state index contributed by atoms with van der Waals surface area (Å²) in [6.45, 7) is 1.86. The van der Waals surface area contributed by atoms with Crippen LogP contribution in [0.2, 0.25) is 0 Å². The van der Waals surface area contributed by atoms with Crippen LogP contribution < -0.4 is 5.73 Å². The molecule has 2 N–H and O–H groups in total. The summed E-state index contributed by atoms with van der Waals surface area (Å²) in [6, 6.07) is 0.837. The van der Waals surface area contributed by atoms with Crippen molar-refractivity contribution in [3.63, 3.8) is 0 Å². The van der Waals surface area contributed by atoms with Crippen LogP contribution in [0.4, 0.5) is 0 Å². The van der Waals surface area contributed by atoms with Crippen molar-refractivity contribution in [3.8, 4) is 0 Å². The second kappa shape index (κ2) is 5.81. The maximum Gasteiger partial charge on any atom is 0.0104 e. The Morgan fingerprint density at radius 3 is 2.36 bits per heavy atom. The molecule has 11 heavy (non-hydrogen) atoms. The average molecular weight is 179 g/mol. The van der Waals surface area contributed by atoms with E-state index in [2.05, 4.69) is 11.9 Å². The highest BCUT2D eigenvalue weighted by Gasteiger charge is 2.18. The van der Waals surface area contributed by atoms with Gasteiger partial charge in [0.15, 0.2) is 0 Å². The molecule has 1 fully saturated rings. The smallest absolute Gasteiger partial charge is 0.0104 e. The van der Waals surface area contributed by atoms with E-state index in [0.717, 1.165) is 19.1 Å². The molecule has 0 spiro atoms. The van der Waals surface area contributed by atoms with Crippen molar-refractivity contribution in [1.29, 1.82) is 0 Å². The SMILES string of the molecule is CN(CCN)C1CCCC1.Cl. The van der Waals surface area contributed by atoms with Crippen LogP contribution in [-0.2, 0) is 0 Å². The summed E-state index contributed by atoms with van der Waals surface area (Å²) in [6.07, 6.45) is 5.60. The summed E-state index contributed by atoms with van der Waals surface area (Å²) in [5.74, 6) is 0. The second-order valence-electron chi connectivity index (χ2n) is 3.21. The molecule has 0 heterocycles. The Labute approximate surface area is 75.5 Å². The van der Waals surface area contributed by atoms with Crippen molar-refractivity contribution in [3.05, 3.63) is 0 Å². The Hall–Kier alpha value is 0.210. The highest BCUT2D eigenvalue weighted by Crippen LogP contribution is 2.21. The number of halogens is 1. The number of hydrogen-bond donors (Lipinski definition) is 1. The molecule has 0 aromatic heterocycles. The molecule has 0 bridgehead atoms. The van der Waals surface area contributed by atoms with Gasteiger partial charge < -0.3 is 10.6 Å². The van der Waals surface area contributed by atoms with E-state index in [0.29, 0.717) is 0 Å². The van der Waals surface area contributed by atoms with Crippen LogP contribution in [0.1, 0.15) is 25.7 Å². The van der Waals surface area contributed by atoms with Gasteiger partial charge in [-0.1, -0.05) is 12.8 Å². The monoisotopic (exact) mass is 178 g/mol. The van der Waals surface area contributed by atoms with Crippen LogP contribution in [0, 0.1) is 0 Å². The van der Waals surface area contributed by atoms with Gasteiger partial charge in [-0.2, -0.15) is 0 Å². The van der Waals surface area contributed by atoms with Gasteiger partial charge in [0.1, 0.15) is 0 Å². The maximum absolute atomic E-state index is 5.46. The minimum Gasteiger partial charge on any atom is -0.329 e. The van der Waals surface area contributed by atoms with Crippen molar-refractivity contribution < 1.29 is 0 Å². The fraction of sp³-hybridized carbons (Fsp3) is 1.00. The lowest BCUT2D eigenvalue weighted by atomic mass is 10.2. The molecule has 2 nitrogen and oxygen atoms in total. The van der Waals surface area contributed by atoms with E-state index in [4.69, 9.17) is 5.73 Å². The van der Waals surface area contributed by atoms with Gasteiger partial charge in [-0.25, -0.2) is 0 Å². The van der Waals surface area contributed by atoms with Crippen molar-refractivity contribution in [2.75, 3.05) is 20.1 Å². The molecule has 0 aromatic carbocycles. The molecule has 0 saturated heterocycles. The zero-order valence-electron chi connectivity index (χ0n) is 7.25. The molecule has 68 valence electrons. The molecule has 1 saturated carbocycles. The third kappa shape index (κ3) is 3.41. The van der Waals surface area contributed by atoms with Crippen LogP contribution in [0.15, 0.2) is 0 Å². The minimum absolute atomic E-state index is 0. The maximum atomic E-state index is 5.46. The first-order valence-corrected chi connectivity index (χ1v) is 4.25. The van der Waals surface area contributed by atoms with Crippen LogP contribution in [-0.4, -0.2) is 31.1 Å². The molecule has 0 atom stereocenters. The van der Waals surface area contributed by atoms with Gasteiger partial charge in [-0.15, -0.1) is 12.4 Å². The van der Waals surface area contributed by atoms with Gasteiger partial charge in [-0.3, -0.25) is 0 Å². The Balaban J connectivity index is 0.000001000. The summed E-state index contributed by atoms with van der Waals surface area (Å²) in [5.41, 5.74) is 5.46. The zero-order valence-corrected chi connectivity index (χ0v) is 8.07. The van der Waals surface area contributed by atoms with Gasteiger partial charge >= 0.3 is 0 Å². The first kappa shape index (κ1) is 11.2. The number of hydrogen-bond acceptors (Lipinski definition) is 2. The summed E-state index contributed by atoms with van der Waals surface area (Å²) in [7, 11) is 2.18. The third-order valence-corrected chi connectivity index (χ3v) is 2.43. The zero-order chi connectivity index (χ0) is 7.40. The first-order chi connectivity index (χ1) is 4.84. The lowest BCUT2D eigenvalue weighted by Crippen LogP contribution is -2.33. The lowest BCUT2D eigenvalue weighted by Gasteiger charge is -2.22. The largest absolute Gasteiger partial charge is 0.329 e. The number of nitrogens with two attached hydrogens (primary N) is 1. The number of rotatable bonds is 3. The number of nitrogens with zero attached hydrogens (tertiary/aromatic N) is 1. The van der Waals surface area contributed by atoms with E-state index in [-0.39, 0.29) is 12.4 Å². The molecule has 0 amide bonds.